The standard InChI is InChI=1S/C17H12N2O4S/c1-19-15(16(20)12-6-4-5-11(9-12)10-18)17(21)13-7-2-3-8-14(13)24(19,22)23/h2-9,21H,1H3. The zero-order valence-corrected chi connectivity index (χ0v) is 13.4. The molecule has 24 heavy (non-hydrogen) atoms. The maximum Gasteiger partial charge on any atom is 0.265 e. The van der Waals surface area contributed by atoms with Crippen molar-refractivity contribution in [2.24, 2.45) is 0 Å². The number of aliphatic hydroxyl groups excluding tert-OH is 1. The Hall–Kier alpha value is -3.11. The number of ketones is 1. The van der Waals surface area contributed by atoms with E-state index < -0.39 is 21.6 Å². The number of aliphatic hydroxyl groups is 1. The van der Waals surface area contributed by atoms with Crippen molar-refractivity contribution in [2.75, 3.05) is 7.05 Å². The number of nitrogens with zero attached hydrogens (tertiary/aromatic N) is 2. The Kier molecular flexibility index (Phi) is 3.62. The number of Topliss-reactive ketones (excluding diaryl/α,β-unsaturated/α-hetero) is 1. The van der Waals surface area contributed by atoms with Crippen molar-refractivity contribution in [1.82, 2.24) is 4.31 Å². The first-order valence-electron chi connectivity index (χ1n) is 6.94. The quantitative estimate of drug-likeness (QED) is 0.846. The zero-order valence-electron chi connectivity index (χ0n) is 12.6. The molecule has 6 nitrogen and oxygen atoms in total. The van der Waals surface area contributed by atoms with Crippen molar-refractivity contribution in [2.45, 2.75) is 4.90 Å². The van der Waals surface area contributed by atoms with Gasteiger partial charge in [0, 0.05) is 18.2 Å². The Morgan fingerprint density at radius 2 is 1.88 bits per heavy atom. The first kappa shape index (κ1) is 15.8. The first-order valence-corrected chi connectivity index (χ1v) is 8.38. The minimum absolute atomic E-state index is 0.0627. The second-order valence-electron chi connectivity index (χ2n) is 5.19. The number of fused-ring (bicyclic) bond motifs is 1. The molecule has 120 valence electrons. The van der Waals surface area contributed by atoms with Gasteiger partial charge in [-0.3, -0.25) is 9.10 Å². The molecule has 3 rings (SSSR count). The third kappa shape index (κ3) is 2.25. The summed E-state index contributed by atoms with van der Waals surface area (Å²) in [5, 5.41) is 19.4. The number of nitriles is 1. The van der Waals surface area contributed by atoms with Crippen LogP contribution in [0.2, 0.25) is 0 Å². The number of likely N-dealkylation sites (N-methyl/N-ethyl adjacent to an activating group) is 1. The molecule has 0 aromatic heterocycles. The fourth-order valence-corrected chi connectivity index (χ4v) is 3.95. The number of hydrogen-bond donors (Lipinski definition) is 1. The van der Waals surface area contributed by atoms with Crippen LogP contribution in [-0.4, -0.2) is 30.7 Å². The van der Waals surface area contributed by atoms with Gasteiger partial charge in [-0.25, -0.2) is 8.42 Å². The summed E-state index contributed by atoms with van der Waals surface area (Å²) in [4.78, 5) is 12.7. The number of benzene rings is 2. The summed E-state index contributed by atoms with van der Waals surface area (Å²) in [6.07, 6.45) is 0. The predicted octanol–water partition coefficient (Wildman–Crippen LogP) is 2.30. The Morgan fingerprint density at radius 1 is 1.17 bits per heavy atom. The molecule has 0 amide bonds. The van der Waals surface area contributed by atoms with E-state index in [1.807, 2.05) is 6.07 Å². The van der Waals surface area contributed by atoms with Gasteiger partial charge in [0.2, 0.25) is 5.78 Å². The number of carbonyl (C=O) groups is 1. The molecule has 0 bridgehead atoms. The third-order valence-electron chi connectivity index (χ3n) is 3.79. The number of hydrogen-bond acceptors (Lipinski definition) is 5. The Balaban J connectivity index is 2.23. The predicted molar refractivity (Wildman–Crippen MR) is 86.4 cm³/mol. The van der Waals surface area contributed by atoms with Crippen LogP contribution in [-0.2, 0) is 10.0 Å². The van der Waals surface area contributed by atoms with E-state index in [-0.39, 0.29) is 27.3 Å². The molecule has 1 N–H and O–H groups in total. The second-order valence-corrected chi connectivity index (χ2v) is 7.13. The molecular formula is C17H12N2O4S. The molecule has 0 unspecified atom stereocenters. The lowest BCUT2D eigenvalue weighted by molar-refractivity contribution is 0.101. The van der Waals surface area contributed by atoms with Crippen molar-refractivity contribution in [3.8, 4) is 6.07 Å². The highest BCUT2D eigenvalue weighted by molar-refractivity contribution is 7.89. The van der Waals surface area contributed by atoms with Crippen LogP contribution in [0.1, 0.15) is 21.5 Å². The average molecular weight is 340 g/mol. The van der Waals surface area contributed by atoms with E-state index >= 15 is 0 Å². The van der Waals surface area contributed by atoms with Crippen LogP contribution >= 0.6 is 0 Å². The zero-order chi connectivity index (χ0) is 17.5. The number of sulfonamides is 1. The van der Waals surface area contributed by atoms with Crippen molar-refractivity contribution in [1.29, 1.82) is 5.26 Å². The normalized spacial score (nSPS) is 15.6. The summed E-state index contributed by atoms with van der Waals surface area (Å²) < 4.78 is 26.0. The van der Waals surface area contributed by atoms with Gasteiger partial charge < -0.3 is 5.11 Å². The van der Waals surface area contributed by atoms with E-state index in [2.05, 4.69) is 0 Å². The van der Waals surface area contributed by atoms with Gasteiger partial charge in [-0.05, 0) is 24.3 Å². The molecule has 1 aliphatic heterocycles. The highest BCUT2D eigenvalue weighted by Gasteiger charge is 2.37. The van der Waals surface area contributed by atoms with Crippen LogP contribution in [0.15, 0.2) is 59.1 Å². The van der Waals surface area contributed by atoms with Gasteiger partial charge >= 0.3 is 0 Å². The number of carbonyl (C=O) groups excluding carboxylic acids is 1. The van der Waals surface area contributed by atoms with Gasteiger partial charge in [-0.2, -0.15) is 5.26 Å². The van der Waals surface area contributed by atoms with E-state index in [1.165, 1.54) is 43.4 Å². The maximum atomic E-state index is 12.8. The van der Waals surface area contributed by atoms with E-state index in [4.69, 9.17) is 5.26 Å². The lowest BCUT2D eigenvalue weighted by atomic mass is 10.0. The summed E-state index contributed by atoms with van der Waals surface area (Å²) in [7, 11) is -2.73. The molecule has 0 radical (unpaired) electrons. The molecule has 0 aliphatic carbocycles. The summed E-state index contributed by atoms with van der Waals surface area (Å²) in [5.74, 6) is -1.08. The topological polar surface area (TPSA) is 98.5 Å². The summed E-state index contributed by atoms with van der Waals surface area (Å²) in [5.41, 5.74) is 0.124. The first-order chi connectivity index (χ1) is 11.4. The highest BCUT2D eigenvalue weighted by atomic mass is 32.2. The summed E-state index contributed by atoms with van der Waals surface area (Å²) >= 11 is 0. The highest BCUT2D eigenvalue weighted by Crippen LogP contribution is 2.35. The van der Waals surface area contributed by atoms with Crippen molar-refractivity contribution >= 4 is 21.6 Å². The molecule has 7 heteroatoms. The minimum atomic E-state index is -3.94. The van der Waals surface area contributed by atoms with Gasteiger partial charge in [-0.15, -0.1) is 0 Å². The minimum Gasteiger partial charge on any atom is -0.505 e. The molecule has 0 saturated carbocycles. The lowest BCUT2D eigenvalue weighted by Gasteiger charge is -2.28. The van der Waals surface area contributed by atoms with Crippen LogP contribution < -0.4 is 0 Å². The Labute approximate surface area is 138 Å². The van der Waals surface area contributed by atoms with E-state index in [0.717, 1.165) is 4.31 Å². The average Bonchev–Trinajstić information content (AvgIpc) is 2.60. The molecule has 2 aromatic carbocycles. The van der Waals surface area contributed by atoms with Gasteiger partial charge in [-0.1, -0.05) is 24.3 Å². The molecule has 0 saturated heterocycles. The molecule has 0 fully saturated rings. The summed E-state index contributed by atoms with van der Waals surface area (Å²) in [6, 6.07) is 13.7. The third-order valence-corrected chi connectivity index (χ3v) is 5.60. The second kappa shape index (κ2) is 5.51. The fourth-order valence-electron chi connectivity index (χ4n) is 2.55. The monoisotopic (exact) mass is 340 g/mol. The van der Waals surface area contributed by atoms with Crippen LogP contribution in [0.4, 0.5) is 0 Å². The van der Waals surface area contributed by atoms with Crippen LogP contribution in [0.25, 0.3) is 5.76 Å². The van der Waals surface area contributed by atoms with Gasteiger partial charge in [0.15, 0.2) is 5.76 Å². The number of allylic oxidation sites excluding steroid dienone is 1. The molecular weight excluding hydrogens is 328 g/mol. The molecule has 1 aliphatic rings. The smallest absolute Gasteiger partial charge is 0.265 e. The van der Waals surface area contributed by atoms with E-state index in [0.29, 0.717) is 0 Å². The lowest BCUT2D eigenvalue weighted by Crippen LogP contribution is -2.35. The van der Waals surface area contributed by atoms with Gasteiger partial charge in [0.25, 0.3) is 10.0 Å². The molecule has 1 heterocycles. The van der Waals surface area contributed by atoms with Crippen LogP contribution in [0, 0.1) is 11.3 Å². The van der Waals surface area contributed by atoms with Crippen molar-refractivity contribution in [3.05, 3.63) is 70.9 Å². The van der Waals surface area contributed by atoms with Gasteiger partial charge in [0.1, 0.15) is 5.70 Å². The Bertz CT molecular complexity index is 1030. The molecule has 2 aromatic rings. The maximum absolute atomic E-state index is 12.8. The van der Waals surface area contributed by atoms with E-state index in [9.17, 15) is 18.3 Å². The largest absolute Gasteiger partial charge is 0.505 e. The van der Waals surface area contributed by atoms with Crippen LogP contribution in [0.3, 0.4) is 0 Å². The van der Waals surface area contributed by atoms with Crippen molar-refractivity contribution < 1.29 is 18.3 Å². The number of rotatable bonds is 2. The fraction of sp³-hybridized carbons (Fsp3) is 0.0588. The van der Waals surface area contributed by atoms with Gasteiger partial charge in [0.05, 0.1) is 16.5 Å². The van der Waals surface area contributed by atoms with E-state index in [1.54, 1.807) is 12.1 Å². The van der Waals surface area contributed by atoms with Crippen LogP contribution in [0.5, 0.6) is 0 Å². The SMILES string of the molecule is CN1C(C(=O)c2cccc(C#N)c2)=C(O)c2ccccc2S1(=O)=O. The Morgan fingerprint density at radius 3 is 2.58 bits per heavy atom. The summed E-state index contributed by atoms with van der Waals surface area (Å²) in [6.45, 7) is 0. The molecule has 0 atom stereocenters. The molecule has 0 spiro atoms. The van der Waals surface area contributed by atoms with Crippen molar-refractivity contribution in [3.63, 3.8) is 0 Å².